The van der Waals surface area contributed by atoms with Crippen molar-refractivity contribution in [3.8, 4) is 0 Å². The molecule has 5 heteroatoms. The van der Waals surface area contributed by atoms with Crippen molar-refractivity contribution in [3.05, 3.63) is 0 Å². The number of aliphatic carboxylic acids is 1. The molecule has 0 aromatic carbocycles. The molecule has 15 heavy (non-hydrogen) atoms. The molecule has 5 nitrogen and oxygen atoms in total. The Bertz CT molecular complexity index is 217. The van der Waals surface area contributed by atoms with Gasteiger partial charge in [0.1, 0.15) is 6.04 Å². The Morgan fingerprint density at radius 1 is 1.33 bits per heavy atom. The van der Waals surface area contributed by atoms with Crippen LogP contribution in [0.1, 0.15) is 33.1 Å². The molecule has 3 N–H and O–H groups in total. The maximum Gasteiger partial charge on any atom is 0.326 e. The summed E-state index contributed by atoms with van der Waals surface area (Å²) in [4.78, 5) is 22.1. The predicted molar refractivity (Wildman–Crippen MR) is 55.3 cm³/mol. The van der Waals surface area contributed by atoms with E-state index in [-0.39, 0.29) is 24.9 Å². The van der Waals surface area contributed by atoms with Gasteiger partial charge in [-0.3, -0.25) is 4.79 Å². The number of carbonyl (C=O) groups excluding carboxylic acids is 1. The van der Waals surface area contributed by atoms with Gasteiger partial charge >= 0.3 is 5.97 Å². The van der Waals surface area contributed by atoms with Crippen molar-refractivity contribution in [1.82, 2.24) is 5.32 Å². The monoisotopic (exact) mass is 217 g/mol. The molecule has 0 aliphatic heterocycles. The van der Waals surface area contributed by atoms with Crippen molar-refractivity contribution in [2.24, 2.45) is 5.92 Å². The minimum Gasteiger partial charge on any atom is -0.480 e. The third-order valence-electron chi connectivity index (χ3n) is 2.20. The van der Waals surface area contributed by atoms with Crippen LogP contribution in [0, 0.1) is 5.92 Å². The van der Waals surface area contributed by atoms with Crippen LogP contribution in [0.2, 0.25) is 0 Å². The fraction of sp³-hybridized carbons (Fsp3) is 0.800. The summed E-state index contributed by atoms with van der Waals surface area (Å²) in [6, 6.07) is -0.984. The van der Waals surface area contributed by atoms with Crippen LogP contribution in [-0.4, -0.2) is 34.7 Å². The first-order valence-corrected chi connectivity index (χ1v) is 5.17. The zero-order chi connectivity index (χ0) is 11.8. The molecule has 0 aromatic heterocycles. The second-order valence-corrected chi connectivity index (χ2v) is 3.60. The van der Waals surface area contributed by atoms with Crippen molar-refractivity contribution >= 4 is 11.9 Å². The molecule has 0 spiro atoms. The fourth-order valence-electron chi connectivity index (χ4n) is 1.26. The molecule has 0 aliphatic carbocycles. The van der Waals surface area contributed by atoms with Crippen LogP contribution in [0.5, 0.6) is 0 Å². The highest BCUT2D eigenvalue weighted by Crippen LogP contribution is 2.05. The largest absolute Gasteiger partial charge is 0.480 e. The standard InChI is InChI=1S/C10H19NO4/c1-3-4-7(2)9(13)11-8(5-6-12)10(14)15/h7-8,12H,3-6H2,1-2H3,(H,11,13)(H,14,15)/t7?,8-/m1/s1. The van der Waals surface area contributed by atoms with Gasteiger partial charge in [0, 0.05) is 18.9 Å². The second kappa shape index (κ2) is 7.23. The molecule has 2 atom stereocenters. The van der Waals surface area contributed by atoms with E-state index < -0.39 is 12.0 Å². The lowest BCUT2D eigenvalue weighted by Gasteiger charge is -2.16. The number of aliphatic hydroxyl groups excluding tert-OH is 1. The van der Waals surface area contributed by atoms with Gasteiger partial charge < -0.3 is 15.5 Å². The summed E-state index contributed by atoms with van der Waals surface area (Å²) >= 11 is 0. The average molecular weight is 217 g/mol. The Labute approximate surface area is 89.5 Å². The van der Waals surface area contributed by atoms with E-state index in [4.69, 9.17) is 10.2 Å². The number of amides is 1. The number of hydrogen-bond donors (Lipinski definition) is 3. The highest BCUT2D eigenvalue weighted by Gasteiger charge is 2.21. The SMILES string of the molecule is CCCC(C)C(=O)N[C@H](CCO)C(=O)O. The third kappa shape index (κ3) is 5.37. The lowest BCUT2D eigenvalue weighted by molar-refractivity contribution is -0.142. The molecule has 0 aromatic rings. The normalized spacial score (nSPS) is 14.3. The lowest BCUT2D eigenvalue weighted by atomic mass is 10.0. The van der Waals surface area contributed by atoms with Gasteiger partial charge in [-0.25, -0.2) is 4.79 Å². The van der Waals surface area contributed by atoms with Crippen LogP contribution in [0.25, 0.3) is 0 Å². The van der Waals surface area contributed by atoms with Crippen molar-refractivity contribution in [1.29, 1.82) is 0 Å². The lowest BCUT2D eigenvalue weighted by Crippen LogP contribution is -2.43. The van der Waals surface area contributed by atoms with Gasteiger partial charge in [-0.15, -0.1) is 0 Å². The van der Waals surface area contributed by atoms with Gasteiger partial charge in [0.25, 0.3) is 0 Å². The van der Waals surface area contributed by atoms with Crippen LogP contribution in [0.15, 0.2) is 0 Å². The van der Waals surface area contributed by atoms with Crippen LogP contribution >= 0.6 is 0 Å². The highest BCUT2D eigenvalue weighted by atomic mass is 16.4. The van der Waals surface area contributed by atoms with Crippen molar-refractivity contribution in [2.45, 2.75) is 39.2 Å². The molecule has 0 radical (unpaired) electrons. The quantitative estimate of drug-likeness (QED) is 0.575. The number of hydrogen-bond acceptors (Lipinski definition) is 3. The predicted octanol–water partition coefficient (Wildman–Crippen LogP) is 0.374. The molecule has 88 valence electrons. The van der Waals surface area contributed by atoms with Crippen LogP contribution in [0.4, 0.5) is 0 Å². The molecular weight excluding hydrogens is 198 g/mol. The molecular formula is C10H19NO4. The summed E-state index contributed by atoms with van der Waals surface area (Å²) in [5, 5.41) is 19.8. The molecule has 0 aliphatic rings. The molecule has 1 amide bonds. The van der Waals surface area contributed by atoms with Crippen LogP contribution in [-0.2, 0) is 9.59 Å². The Kier molecular flexibility index (Phi) is 6.70. The van der Waals surface area contributed by atoms with E-state index in [2.05, 4.69) is 5.32 Å². The number of carbonyl (C=O) groups is 2. The van der Waals surface area contributed by atoms with Gasteiger partial charge in [-0.1, -0.05) is 20.3 Å². The minimum atomic E-state index is -1.11. The first-order chi connectivity index (χ1) is 7.02. The van der Waals surface area contributed by atoms with E-state index in [0.717, 1.165) is 12.8 Å². The smallest absolute Gasteiger partial charge is 0.326 e. The molecule has 0 saturated heterocycles. The Balaban J connectivity index is 4.15. The third-order valence-corrected chi connectivity index (χ3v) is 2.20. The summed E-state index contributed by atoms with van der Waals surface area (Å²) in [7, 11) is 0. The molecule has 0 saturated carbocycles. The zero-order valence-corrected chi connectivity index (χ0v) is 9.19. The minimum absolute atomic E-state index is 0.0416. The van der Waals surface area contributed by atoms with E-state index in [1.807, 2.05) is 6.92 Å². The van der Waals surface area contributed by atoms with Crippen LogP contribution in [0.3, 0.4) is 0 Å². The van der Waals surface area contributed by atoms with Crippen molar-refractivity contribution < 1.29 is 19.8 Å². The van der Waals surface area contributed by atoms with Crippen LogP contribution < -0.4 is 5.32 Å². The van der Waals surface area contributed by atoms with Gasteiger partial charge in [-0.05, 0) is 6.42 Å². The summed E-state index contributed by atoms with van der Waals surface area (Å²) in [5.41, 5.74) is 0. The van der Waals surface area contributed by atoms with E-state index >= 15 is 0 Å². The molecule has 1 unspecified atom stereocenters. The van der Waals surface area contributed by atoms with Crippen molar-refractivity contribution in [2.75, 3.05) is 6.61 Å². The van der Waals surface area contributed by atoms with E-state index in [1.165, 1.54) is 0 Å². The second-order valence-electron chi connectivity index (χ2n) is 3.60. The summed E-state index contributed by atoms with van der Waals surface area (Å²) < 4.78 is 0. The Hall–Kier alpha value is -1.10. The summed E-state index contributed by atoms with van der Waals surface area (Å²) in [6.45, 7) is 3.47. The number of carboxylic acid groups (broad SMARTS) is 1. The summed E-state index contributed by atoms with van der Waals surface area (Å²) in [6.07, 6.45) is 1.66. The van der Waals surface area contributed by atoms with E-state index in [0.29, 0.717) is 0 Å². The van der Waals surface area contributed by atoms with Gasteiger partial charge in [0.15, 0.2) is 0 Å². The fourth-order valence-corrected chi connectivity index (χ4v) is 1.26. The average Bonchev–Trinajstić information content (AvgIpc) is 2.17. The topological polar surface area (TPSA) is 86.6 Å². The first-order valence-electron chi connectivity index (χ1n) is 5.17. The first kappa shape index (κ1) is 13.9. The zero-order valence-electron chi connectivity index (χ0n) is 9.19. The van der Waals surface area contributed by atoms with E-state index in [1.54, 1.807) is 6.92 Å². The number of nitrogens with one attached hydrogen (secondary N) is 1. The summed E-state index contributed by atoms with van der Waals surface area (Å²) in [5.74, 6) is -1.56. The van der Waals surface area contributed by atoms with E-state index in [9.17, 15) is 9.59 Å². The van der Waals surface area contributed by atoms with Crippen molar-refractivity contribution in [3.63, 3.8) is 0 Å². The number of aliphatic hydroxyl groups is 1. The highest BCUT2D eigenvalue weighted by molar-refractivity contribution is 5.84. The molecule has 0 heterocycles. The Morgan fingerprint density at radius 2 is 1.93 bits per heavy atom. The maximum absolute atomic E-state index is 11.5. The van der Waals surface area contributed by atoms with Gasteiger partial charge in [0.05, 0.1) is 0 Å². The molecule has 0 bridgehead atoms. The number of carboxylic acids is 1. The molecule has 0 rings (SSSR count). The number of rotatable bonds is 7. The van der Waals surface area contributed by atoms with Gasteiger partial charge in [-0.2, -0.15) is 0 Å². The Morgan fingerprint density at radius 3 is 2.33 bits per heavy atom. The molecule has 0 fully saturated rings. The maximum atomic E-state index is 11.5. The van der Waals surface area contributed by atoms with Gasteiger partial charge in [0.2, 0.25) is 5.91 Å².